The first-order valence-corrected chi connectivity index (χ1v) is 4.56. The molecule has 1 nitrogen and oxygen atoms in total. The molecule has 0 saturated carbocycles. The number of fused-ring (bicyclic) bond motifs is 1. The van der Waals surface area contributed by atoms with Gasteiger partial charge in [0.1, 0.15) is 0 Å². The van der Waals surface area contributed by atoms with Crippen molar-refractivity contribution in [2.45, 2.75) is 17.8 Å². The van der Waals surface area contributed by atoms with Crippen LogP contribution in [0, 0.1) is 0 Å². The fourth-order valence-electron chi connectivity index (χ4n) is 1.51. The molecule has 0 aromatic rings. The zero-order chi connectivity index (χ0) is 6.97. The molecule has 0 aromatic carbocycles. The van der Waals surface area contributed by atoms with Crippen molar-refractivity contribution in [1.82, 2.24) is 4.90 Å². The minimum atomic E-state index is 0.587. The summed E-state index contributed by atoms with van der Waals surface area (Å²) in [5.74, 6) is 0. The van der Waals surface area contributed by atoms with E-state index in [0.29, 0.717) is 4.95 Å². The first-order chi connectivity index (χ1) is 4.88. The van der Waals surface area contributed by atoms with E-state index in [4.69, 9.17) is 0 Å². The van der Waals surface area contributed by atoms with Gasteiger partial charge in [0.15, 0.2) is 0 Å². The molecule has 10 heavy (non-hydrogen) atoms. The smallest absolute Gasteiger partial charge is 0.0850 e. The Hall–Kier alpha value is -0.240. The van der Waals surface area contributed by atoms with Crippen molar-refractivity contribution >= 4 is 15.9 Å². The maximum absolute atomic E-state index is 3.63. The molecule has 2 aliphatic rings. The molecule has 54 valence electrons. The second-order valence-electron chi connectivity index (χ2n) is 2.71. The number of rotatable bonds is 0. The molecule has 1 unspecified atom stereocenters. The Morgan fingerprint density at radius 3 is 3.30 bits per heavy atom. The third-order valence-corrected chi connectivity index (χ3v) is 3.02. The van der Waals surface area contributed by atoms with Crippen LogP contribution in [0.15, 0.2) is 23.9 Å². The largest absolute Gasteiger partial charge is 0.358 e. The molecule has 0 aromatic heterocycles. The Bertz CT molecular complexity index is 195. The number of allylic oxidation sites excluding steroid dienone is 3. The highest BCUT2D eigenvalue weighted by Gasteiger charge is 2.24. The molecule has 2 rings (SSSR count). The average molecular weight is 200 g/mol. The van der Waals surface area contributed by atoms with Crippen LogP contribution in [-0.4, -0.2) is 16.4 Å². The molecule has 0 radical (unpaired) electrons. The minimum Gasteiger partial charge on any atom is -0.358 e. The third-order valence-electron chi connectivity index (χ3n) is 2.07. The molecule has 2 heterocycles. The van der Waals surface area contributed by atoms with E-state index in [1.165, 1.54) is 18.5 Å². The predicted octanol–water partition coefficient (Wildman–Crippen LogP) is 2.26. The van der Waals surface area contributed by atoms with Crippen LogP contribution < -0.4 is 0 Å². The number of hydrogen-bond donors (Lipinski definition) is 0. The van der Waals surface area contributed by atoms with Gasteiger partial charge in [-0.15, -0.1) is 0 Å². The first-order valence-electron chi connectivity index (χ1n) is 3.64. The van der Waals surface area contributed by atoms with E-state index in [-0.39, 0.29) is 0 Å². The lowest BCUT2D eigenvalue weighted by Gasteiger charge is -2.24. The molecule has 0 spiro atoms. The summed E-state index contributed by atoms with van der Waals surface area (Å²) in [6.07, 6.45) is 9.05. The van der Waals surface area contributed by atoms with E-state index in [9.17, 15) is 0 Å². The molecule has 0 amide bonds. The summed E-state index contributed by atoms with van der Waals surface area (Å²) in [4.78, 5) is 2.99. The van der Waals surface area contributed by atoms with Gasteiger partial charge in [0.2, 0.25) is 0 Å². The molecule has 0 N–H and O–H groups in total. The fraction of sp³-hybridized carbons (Fsp3) is 0.500. The lowest BCUT2D eigenvalue weighted by molar-refractivity contribution is 0.409. The number of alkyl halides is 1. The monoisotopic (exact) mass is 199 g/mol. The van der Waals surface area contributed by atoms with Gasteiger partial charge >= 0.3 is 0 Å². The molecule has 1 saturated heterocycles. The van der Waals surface area contributed by atoms with Crippen molar-refractivity contribution in [3.05, 3.63) is 23.9 Å². The molecule has 0 aliphatic carbocycles. The number of halogens is 1. The van der Waals surface area contributed by atoms with E-state index in [2.05, 4.69) is 39.1 Å². The number of nitrogens with zero attached hydrogens (tertiary/aromatic N) is 1. The molecule has 0 bridgehead atoms. The first kappa shape index (κ1) is 6.47. The summed E-state index contributed by atoms with van der Waals surface area (Å²) in [7, 11) is 0. The van der Waals surface area contributed by atoms with E-state index in [1.54, 1.807) is 0 Å². The van der Waals surface area contributed by atoms with E-state index < -0.39 is 0 Å². The van der Waals surface area contributed by atoms with Crippen LogP contribution in [-0.2, 0) is 0 Å². The SMILES string of the molecule is BrC1CCC2=CC=CCN21. The highest BCUT2D eigenvalue weighted by molar-refractivity contribution is 9.09. The van der Waals surface area contributed by atoms with Crippen molar-refractivity contribution in [1.29, 1.82) is 0 Å². The Morgan fingerprint density at radius 2 is 2.50 bits per heavy atom. The standard InChI is InChI=1S/C8H10BrN/c9-8-5-4-7-3-1-2-6-10(7)8/h1-3,8H,4-6H2. The quantitative estimate of drug-likeness (QED) is 0.428. The molecule has 2 aliphatic heterocycles. The highest BCUT2D eigenvalue weighted by atomic mass is 79.9. The molecule has 1 atom stereocenters. The normalized spacial score (nSPS) is 30.3. The van der Waals surface area contributed by atoms with Gasteiger partial charge in [-0.2, -0.15) is 0 Å². The van der Waals surface area contributed by atoms with Gasteiger partial charge in [-0.25, -0.2) is 0 Å². The summed E-state index contributed by atoms with van der Waals surface area (Å²) in [6.45, 7) is 1.09. The molecular weight excluding hydrogens is 190 g/mol. The van der Waals surface area contributed by atoms with Gasteiger partial charge in [-0.1, -0.05) is 28.1 Å². The van der Waals surface area contributed by atoms with Crippen LogP contribution in [0.4, 0.5) is 0 Å². The van der Waals surface area contributed by atoms with Crippen molar-refractivity contribution < 1.29 is 0 Å². The Kier molecular flexibility index (Phi) is 1.57. The highest BCUT2D eigenvalue weighted by Crippen LogP contribution is 2.31. The lowest BCUT2D eigenvalue weighted by Crippen LogP contribution is -2.24. The Balaban J connectivity index is 2.23. The maximum Gasteiger partial charge on any atom is 0.0850 e. The Labute approximate surface area is 69.5 Å². The molecule has 2 heteroatoms. The van der Waals surface area contributed by atoms with Crippen molar-refractivity contribution in [2.24, 2.45) is 0 Å². The van der Waals surface area contributed by atoms with Crippen LogP contribution in [0.1, 0.15) is 12.8 Å². The van der Waals surface area contributed by atoms with Crippen LogP contribution >= 0.6 is 15.9 Å². The van der Waals surface area contributed by atoms with E-state index in [0.717, 1.165) is 6.54 Å². The van der Waals surface area contributed by atoms with Crippen LogP contribution in [0.2, 0.25) is 0 Å². The summed E-state index contributed by atoms with van der Waals surface area (Å²) in [5, 5.41) is 0. The van der Waals surface area contributed by atoms with Gasteiger partial charge in [0.25, 0.3) is 0 Å². The van der Waals surface area contributed by atoms with Gasteiger partial charge in [0.05, 0.1) is 4.95 Å². The average Bonchev–Trinajstić information content (AvgIpc) is 2.34. The van der Waals surface area contributed by atoms with Crippen LogP contribution in [0.25, 0.3) is 0 Å². The Morgan fingerprint density at radius 1 is 1.60 bits per heavy atom. The van der Waals surface area contributed by atoms with Gasteiger partial charge in [-0.05, 0) is 18.9 Å². The van der Waals surface area contributed by atoms with E-state index in [1.807, 2.05) is 0 Å². The second kappa shape index (κ2) is 2.42. The fourth-order valence-corrected chi connectivity index (χ4v) is 2.17. The topological polar surface area (TPSA) is 3.24 Å². The summed E-state index contributed by atoms with van der Waals surface area (Å²) in [6, 6.07) is 0. The van der Waals surface area contributed by atoms with Crippen LogP contribution in [0.3, 0.4) is 0 Å². The van der Waals surface area contributed by atoms with Crippen LogP contribution in [0.5, 0.6) is 0 Å². The van der Waals surface area contributed by atoms with Gasteiger partial charge in [0, 0.05) is 12.2 Å². The van der Waals surface area contributed by atoms with Gasteiger partial charge < -0.3 is 4.90 Å². The summed E-state index contributed by atoms with van der Waals surface area (Å²) >= 11 is 3.63. The van der Waals surface area contributed by atoms with Crippen molar-refractivity contribution in [3.63, 3.8) is 0 Å². The third kappa shape index (κ3) is 0.908. The van der Waals surface area contributed by atoms with Crippen molar-refractivity contribution in [2.75, 3.05) is 6.54 Å². The van der Waals surface area contributed by atoms with Gasteiger partial charge in [-0.3, -0.25) is 0 Å². The van der Waals surface area contributed by atoms with Crippen molar-refractivity contribution in [3.8, 4) is 0 Å². The number of hydrogen-bond acceptors (Lipinski definition) is 1. The van der Waals surface area contributed by atoms with E-state index >= 15 is 0 Å². The lowest BCUT2D eigenvalue weighted by atomic mass is 10.2. The molecule has 1 fully saturated rings. The zero-order valence-electron chi connectivity index (χ0n) is 5.76. The zero-order valence-corrected chi connectivity index (χ0v) is 7.34. The molecular formula is C8H10BrN. The predicted molar refractivity (Wildman–Crippen MR) is 45.9 cm³/mol. The second-order valence-corrected chi connectivity index (χ2v) is 3.77. The minimum absolute atomic E-state index is 0.587. The maximum atomic E-state index is 3.63. The summed E-state index contributed by atoms with van der Waals surface area (Å²) in [5.41, 5.74) is 1.49. The summed E-state index contributed by atoms with van der Waals surface area (Å²) < 4.78 is 0.